The van der Waals surface area contributed by atoms with E-state index in [0.717, 1.165) is 0 Å². The van der Waals surface area contributed by atoms with Crippen molar-refractivity contribution in [3.8, 4) is 0 Å². The van der Waals surface area contributed by atoms with Crippen molar-refractivity contribution in [1.29, 1.82) is 0 Å². The third-order valence-electron chi connectivity index (χ3n) is 1.11. The fourth-order valence-corrected chi connectivity index (χ4v) is 1.42. The van der Waals surface area contributed by atoms with Crippen LogP contribution in [0.25, 0.3) is 0 Å². The van der Waals surface area contributed by atoms with Crippen LogP contribution in [0.3, 0.4) is 0 Å². The van der Waals surface area contributed by atoms with Gasteiger partial charge in [-0.1, -0.05) is 6.08 Å². The van der Waals surface area contributed by atoms with Crippen molar-refractivity contribution in [3.63, 3.8) is 0 Å². The Morgan fingerprint density at radius 3 is 2.57 bits per heavy atom. The van der Waals surface area contributed by atoms with Crippen molar-refractivity contribution in [2.45, 2.75) is 6.10 Å². The number of rotatable bonds is 8. The number of ether oxygens (including phenoxy) is 1. The highest BCUT2D eigenvalue weighted by Crippen LogP contribution is 2.37. The molecule has 0 saturated carbocycles. The molecule has 0 aliphatic heterocycles. The van der Waals surface area contributed by atoms with E-state index >= 15 is 0 Å². The molecule has 0 saturated heterocycles. The first kappa shape index (κ1) is 14.2. The lowest BCUT2D eigenvalue weighted by atomic mass is 10.4. The van der Waals surface area contributed by atoms with Crippen LogP contribution >= 0.6 is 17.3 Å². The molecule has 2 N–H and O–H groups in total. The standard InChI is InChI=1S/C6H14O6P2/c1-2-3-10-4-6(5-11-13)12-14(7,8)9/h2,6H,1,3-5,13H2,(H2,7,8,9). The molecule has 84 valence electrons. The Hall–Kier alpha value is 0.200. The highest BCUT2D eigenvalue weighted by atomic mass is 31.2. The maximum Gasteiger partial charge on any atom is 0.470 e. The van der Waals surface area contributed by atoms with Crippen molar-refractivity contribution in [3.05, 3.63) is 12.7 Å². The SMILES string of the molecule is C=CCOCC(COP)OP(=O)(O)O. The van der Waals surface area contributed by atoms with E-state index in [1.807, 2.05) is 9.47 Å². The average molecular weight is 244 g/mol. The van der Waals surface area contributed by atoms with Gasteiger partial charge in [0.2, 0.25) is 0 Å². The Morgan fingerprint density at radius 2 is 2.14 bits per heavy atom. The van der Waals surface area contributed by atoms with Crippen LogP contribution in [0.15, 0.2) is 12.7 Å². The van der Waals surface area contributed by atoms with Crippen LogP contribution in [0, 0.1) is 0 Å². The largest absolute Gasteiger partial charge is 0.470 e. The zero-order valence-electron chi connectivity index (χ0n) is 7.54. The molecule has 0 radical (unpaired) electrons. The smallest absolute Gasteiger partial charge is 0.375 e. The molecule has 0 aliphatic rings. The van der Waals surface area contributed by atoms with Gasteiger partial charge in [-0.3, -0.25) is 4.52 Å². The monoisotopic (exact) mass is 244 g/mol. The van der Waals surface area contributed by atoms with E-state index in [1.165, 1.54) is 6.08 Å². The fourth-order valence-electron chi connectivity index (χ4n) is 0.693. The molecule has 0 amide bonds. The predicted molar refractivity (Wildman–Crippen MR) is 53.6 cm³/mol. The second kappa shape index (κ2) is 7.49. The van der Waals surface area contributed by atoms with Crippen LogP contribution in [0.1, 0.15) is 0 Å². The Kier molecular flexibility index (Phi) is 7.59. The summed E-state index contributed by atoms with van der Waals surface area (Å²) < 4.78 is 24.5. The summed E-state index contributed by atoms with van der Waals surface area (Å²) in [5.41, 5.74) is 0. The second-order valence-corrected chi connectivity index (χ2v) is 3.90. The minimum Gasteiger partial charge on any atom is -0.375 e. The van der Waals surface area contributed by atoms with E-state index in [4.69, 9.17) is 14.5 Å². The minimum absolute atomic E-state index is 0.0208. The van der Waals surface area contributed by atoms with Gasteiger partial charge in [0.25, 0.3) is 0 Å². The summed E-state index contributed by atoms with van der Waals surface area (Å²) in [6, 6.07) is 0. The van der Waals surface area contributed by atoms with Gasteiger partial charge in [-0.2, -0.15) is 0 Å². The van der Waals surface area contributed by atoms with Gasteiger partial charge in [0.15, 0.2) is 0 Å². The zero-order valence-corrected chi connectivity index (χ0v) is 9.58. The van der Waals surface area contributed by atoms with Gasteiger partial charge in [-0.05, 0) is 0 Å². The van der Waals surface area contributed by atoms with Gasteiger partial charge in [0.05, 0.1) is 19.8 Å². The first-order valence-corrected chi connectivity index (χ1v) is 5.74. The van der Waals surface area contributed by atoms with Crippen LogP contribution in [0.5, 0.6) is 0 Å². The summed E-state index contributed by atoms with van der Waals surface area (Å²) in [6.45, 7) is 3.77. The summed E-state index contributed by atoms with van der Waals surface area (Å²) in [4.78, 5) is 17.0. The molecule has 0 aromatic carbocycles. The Morgan fingerprint density at radius 1 is 1.50 bits per heavy atom. The minimum atomic E-state index is -4.50. The van der Waals surface area contributed by atoms with Crippen LogP contribution in [-0.4, -0.2) is 35.7 Å². The predicted octanol–water partition coefficient (Wildman–Crippen LogP) is 0.474. The van der Waals surface area contributed by atoms with Crippen molar-refractivity contribution in [2.24, 2.45) is 0 Å². The van der Waals surface area contributed by atoms with E-state index in [9.17, 15) is 4.57 Å². The molecule has 8 heteroatoms. The topological polar surface area (TPSA) is 85.2 Å². The molecule has 2 unspecified atom stereocenters. The number of phosphoric ester groups is 1. The summed E-state index contributed by atoms with van der Waals surface area (Å²) in [6.07, 6.45) is 0.726. The Balaban J connectivity index is 3.89. The van der Waals surface area contributed by atoms with E-state index in [0.29, 0.717) is 0 Å². The van der Waals surface area contributed by atoms with Gasteiger partial charge < -0.3 is 19.0 Å². The molecule has 0 aromatic heterocycles. The zero-order chi connectivity index (χ0) is 11.0. The van der Waals surface area contributed by atoms with Crippen LogP contribution in [0.4, 0.5) is 0 Å². The Bertz CT molecular complexity index is 202. The summed E-state index contributed by atoms with van der Waals surface area (Å²) in [5.74, 6) is 0. The summed E-state index contributed by atoms with van der Waals surface area (Å²) in [7, 11) is -2.53. The Labute approximate surface area is 84.8 Å². The highest BCUT2D eigenvalue weighted by molar-refractivity contribution is 7.46. The first-order valence-electron chi connectivity index (χ1n) is 3.74. The molecule has 0 spiro atoms. The normalized spacial score (nSPS) is 13.9. The third-order valence-corrected chi connectivity index (χ3v) is 1.87. The van der Waals surface area contributed by atoms with Gasteiger partial charge in [0.1, 0.15) is 6.10 Å². The molecule has 0 heterocycles. The lowest BCUT2D eigenvalue weighted by Gasteiger charge is -2.16. The highest BCUT2D eigenvalue weighted by Gasteiger charge is 2.22. The van der Waals surface area contributed by atoms with Gasteiger partial charge in [-0.15, -0.1) is 6.58 Å². The summed E-state index contributed by atoms with van der Waals surface area (Å²) >= 11 is 0. The quantitative estimate of drug-likeness (QED) is 0.367. The van der Waals surface area contributed by atoms with Crippen molar-refractivity contribution in [1.82, 2.24) is 0 Å². The number of hydrogen-bond donors (Lipinski definition) is 2. The van der Waals surface area contributed by atoms with E-state index in [-0.39, 0.29) is 19.8 Å². The van der Waals surface area contributed by atoms with E-state index in [1.54, 1.807) is 0 Å². The molecule has 0 rings (SSSR count). The van der Waals surface area contributed by atoms with Crippen LogP contribution in [-0.2, 0) is 18.3 Å². The van der Waals surface area contributed by atoms with E-state index in [2.05, 4.69) is 15.6 Å². The van der Waals surface area contributed by atoms with Crippen molar-refractivity contribution < 1.29 is 28.1 Å². The molecule has 6 nitrogen and oxygen atoms in total. The number of hydrogen-bond acceptors (Lipinski definition) is 4. The second-order valence-electron chi connectivity index (χ2n) is 2.38. The number of phosphoric acid groups is 1. The first-order chi connectivity index (χ1) is 6.49. The maximum absolute atomic E-state index is 10.5. The molecule has 0 fully saturated rings. The van der Waals surface area contributed by atoms with Crippen molar-refractivity contribution >= 4 is 17.3 Å². The lowest BCUT2D eigenvalue weighted by molar-refractivity contribution is 0.0225. The summed E-state index contributed by atoms with van der Waals surface area (Å²) in [5, 5.41) is 0. The molecule has 0 aromatic rings. The average Bonchev–Trinajstić information content (AvgIpc) is 2.02. The van der Waals surface area contributed by atoms with E-state index < -0.39 is 13.9 Å². The lowest BCUT2D eigenvalue weighted by Crippen LogP contribution is -2.23. The van der Waals surface area contributed by atoms with Gasteiger partial charge >= 0.3 is 7.82 Å². The molecular formula is C6H14O6P2. The molecule has 14 heavy (non-hydrogen) atoms. The van der Waals surface area contributed by atoms with Gasteiger partial charge in [-0.25, -0.2) is 4.57 Å². The third kappa shape index (κ3) is 8.78. The molecule has 0 aliphatic carbocycles. The van der Waals surface area contributed by atoms with Crippen LogP contribution < -0.4 is 0 Å². The van der Waals surface area contributed by atoms with Crippen molar-refractivity contribution in [2.75, 3.05) is 19.8 Å². The maximum atomic E-state index is 10.5. The fraction of sp³-hybridized carbons (Fsp3) is 0.667. The molecule has 2 atom stereocenters. The van der Waals surface area contributed by atoms with Crippen LogP contribution in [0.2, 0.25) is 0 Å². The molecular weight excluding hydrogens is 230 g/mol. The van der Waals surface area contributed by atoms with Gasteiger partial charge in [0, 0.05) is 9.47 Å². The molecule has 0 bridgehead atoms.